The molecule has 0 spiro atoms. The Hall–Kier alpha value is -2.55. The predicted molar refractivity (Wildman–Crippen MR) is 68.1 cm³/mol. The van der Waals surface area contributed by atoms with Gasteiger partial charge in [-0.05, 0) is 12.1 Å². The van der Waals surface area contributed by atoms with Crippen LogP contribution in [0, 0.1) is 0 Å². The third-order valence-electron chi connectivity index (χ3n) is 2.59. The molecular weight excluding hydrogens is 228 g/mol. The second kappa shape index (κ2) is 4.37. The molecule has 0 N–H and O–H groups in total. The first-order valence-corrected chi connectivity index (χ1v) is 5.57. The lowest BCUT2D eigenvalue weighted by Gasteiger charge is -2.02. The van der Waals surface area contributed by atoms with Gasteiger partial charge in [-0.3, -0.25) is 4.79 Å². The van der Waals surface area contributed by atoms with E-state index < -0.39 is 0 Å². The molecule has 0 radical (unpaired) electrons. The molecule has 0 fully saturated rings. The molecule has 18 heavy (non-hydrogen) atoms. The Kier molecular flexibility index (Phi) is 2.57. The molecule has 3 rings (SSSR count). The summed E-state index contributed by atoms with van der Waals surface area (Å²) in [7, 11) is 0. The highest BCUT2D eigenvalue weighted by atomic mass is 16.4. The molecule has 0 aliphatic heterocycles. The number of furan rings is 1. The van der Waals surface area contributed by atoms with E-state index in [0.717, 1.165) is 5.56 Å². The van der Waals surface area contributed by atoms with E-state index >= 15 is 0 Å². The number of rotatable bonds is 2. The summed E-state index contributed by atoms with van der Waals surface area (Å²) in [5, 5.41) is 0. The molecule has 88 valence electrons. The first-order valence-electron chi connectivity index (χ1n) is 5.57. The summed E-state index contributed by atoms with van der Waals surface area (Å²) in [4.78, 5) is 11.7. The van der Waals surface area contributed by atoms with Crippen molar-refractivity contribution in [1.82, 2.24) is 0 Å². The summed E-state index contributed by atoms with van der Waals surface area (Å²) < 4.78 is 10.9. The molecule has 3 heteroatoms. The zero-order chi connectivity index (χ0) is 12.4. The molecule has 2 aromatic heterocycles. The minimum Gasteiger partial charge on any atom is -0.461 e. The van der Waals surface area contributed by atoms with Gasteiger partial charge in [0.05, 0.1) is 6.26 Å². The van der Waals surface area contributed by atoms with E-state index in [1.165, 1.54) is 12.1 Å². The first kappa shape index (κ1) is 10.6. The smallest absolute Gasteiger partial charge is 0.186 e. The van der Waals surface area contributed by atoms with Crippen molar-refractivity contribution < 1.29 is 8.83 Å². The van der Waals surface area contributed by atoms with Crippen molar-refractivity contribution in [2.24, 2.45) is 0 Å². The molecule has 0 bridgehead atoms. The number of hydrogen-bond acceptors (Lipinski definition) is 3. The van der Waals surface area contributed by atoms with Gasteiger partial charge in [0.2, 0.25) is 0 Å². The van der Waals surface area contributed by atoms with Crippen LogP contribution in [0.4, 0.5) is 0 Å². The van der Waals surface area contributed by atoms with Crippen molar-refractivity contribution in [2.75, 3.05) is 0 Å². The van der Waals surface area contributed by atoms with E-state index in [-0.39, 0.29) is 5.43 Å². The highest BCUT2D eigenvalue weighted by molar-refractivity contribution is 5.59. The molecule has 2 heterocycles. The van der Waals surface area contributed by atoms with Crippen molar-refractivity contribution in [3.8, 4) is 22.8 Å². The van der Waals surface area contributed by atoms with E-state index in [4.69, 9.17) is 8.83 Å². The maximum atomic E-state index is 11.7. The van der Waals surface area contributed by atoms with Gasteiger partial charge in [0.25, 0.3) is 0 Å². The van der Waals surface area contributed by atoms with Gasteiger partial charge < -0.3 is 8.83 Å². The van der Waals surface area contributed by atoms with Gasteiger partial charge in [-0.1, -0.05) is 30.3 Å². The number of hydrogen-bond donors (Lipinski definition) is 0. The summed E-state index contributed by atoms with van der Waals surface area (Å²) in [6.45, 7) is 0. The Bertz CT molecular complexity index is 694. The van der Waals surface area contributed by atoms with Gasteiger partial charge in [-0.2, -0.15) is 0 Å². The average Bonchev–Trinajstić information content (AvgIpc) is 2.93. The monoisotopic (exact) mass is 238 g/mol. The van der Waals surface area contributed by atoms with Crippen LogP contribution in [0.1, 0.15) is 0 Å². The Morgan fingerprint density at radius 1 is 0.778 bits per heavy atom. The molecule has 0 saturated carbocycles. The third-order valence-corrected chi connectivity index (χ3v) is 2.59. The van der Waals surface area contributed by atoms with Crippen molar-refractivity contribution >= 4 is 0 Å². The Balaban J connectivity index is 2.15. The van der Waals surface area contributed by atoms with Gasteiger partial charge in [0, 0.05) is 17.7 Å². The van der Waals surface area contributed by atoms with Crippen molar-refractivity contribution in [2.45, 2.75) is 0 Å². The molecule has 0 aliphatic rings. The minimum atomic E-state index is -0.105. The first-order chi connectivity index (χ1) is 8.83. The largest absolute Gasteiger partial charge is 0.461 e. The summed E-state index contributed by atoms with van der Waals surface area (Å²) in [6.07, 6.45) is 1.55. The zero-order valence-corrected chi connectivity index (χ0v) is 9.50. The molecule has 3 nitrogen and oxygen atoms in total. The molecule has 0 saturated heterocycles. The van der Waals surface area contributed by atoms with Crippen molar-refractivity contribution in [1.29, 1.82) is 0 Å². The van der Waals surface area contributed by atoms with E-state index in [9.17, 15) is 4.79 Å². The summed E-state index contributed by atoms with van der Waals surface area (Å²) in [5.41, 5.74) is 0.759. The molecule has 3 aromatic rings. The average molecular weight is 238 g/mol. The van der Waals surface area contributed by atoms with Crippen LogP contribution in [0.2, 0.25) is 0 Å². The van der Waals surface area contributed by atoms with E-state index in [2.05, 4.69) is 0 Å². The SMILES string of the molecule is O=c1cc(-c2ccccc2)oc(-c2ccco2)c1. The van der Waals surface area contributed by atoms with Gasteiger partial charge in [0.15, 0.2) is 16.9 Å². The van der Waals surface area contributed by atoms with Crippen LogP contribution in [0.5, 0.6) is 0 Å². The topological polar surface area (TPSA) is 43.4 Å². The van der Waals surface area contributed by atoms with Gasteiger partial charge in [0.1, 0.15) is 5.76 Å². The lowest BCUT2D eigenvalue weighted by molar-refractivity contribution is 0.522. The lowest BCUT2D eigenvalue weighted by atomic mass is 10.1. The summed E-state index contributed by atoms with van der Waals surface area (Å²) in [6, 6.07) is 15.9. The van der Waals surface area contributed by atoms with Crippen LogP contribution in [0.15, 0.2) is 74.5 Å². The zero-order valence-electron chi connectivity index (χ0n) is 9.50. The van der Waals surface area contributed by atoms with Crippen LogP contribution in [0.3, 0.4) is 0 Å². The fourth-order valence-corrected chi connectivity index (χ4v) is 1.76. The lowest BCUT2D eigenvalue weighted by Crippen LogP contribution is -1.98. The summed E-state index contributed by atoms with van der Waals surface area (Å²) in [5.74, 6) is 1.52. The molecular formula is C15H10O3. The normalized spacial score (nSPS) is 10.4. The molecule has 0 atom stereocenters. The van der Waals surface area contributed by atoms with Crippen LogP contribution in [0.25, 0.3) is 22.8 Å². The highest BCUT2D eigenvalue weighted by Crippen LogP contribution is 2.24. The van der Waals surface area contributed by atoms with Gasteiger partial charge in [-0.25, -0.2) is 0 Å². The fourth-order valence-electron chi connectivity index (χ4n) is 1.76. The fraction of sp³-hybridized carbons (Fsp3) is 0. The standard InChI is InChI=1S/C15H10O3/c16-12-9-14(11-5-2-1-3-6-11)18-15(10-12)13-7-4-8-17-13/h1-10H. The van der Waals surface area contributed by atoms with E-state index in [0.29, 0.717) is 17.3 Å². The molecule has 0 unspecified atom stereocenters. The third kappa shape index (κ3) is 1.98. The van der Waals surface area contributed by atoms with Crippen LogP contribution in [-0.4, -0.2) is 0 Å². The Morgan fingerprint density at radius 3 is 2.28 bits per heavy atom. The van der Waals surface area contributed by atoms with Crippen LogP contribution in [-0.2, 0) is 0 Å². The quantitative estimate of drug-likeness (QED) is 0.685. The second-order valence-corrected chi connectivity index (χ2v) is 3.86. The van der Waals surface area contributed by atoms with Crippen LogP contribution < -0.4 is 5.43 Å². The number of benzene rings is 1. The molecule has 1 aromatic carbocycles. The van der Waals surface area contributed by atoms with Crippen molar-refractivity contribution in [3.05, 3.63) is 71.1 Å². The van der Waals surface area contributed by atoms with E-state index in [1.54, 1.807) is 18.4 Å². The van der Waals surface area contributed by atoms with E-state index in [1.807, 2.05) is 30.3 Å². The highest BCUT2D eigenvalue weighted by Gasteiger charge is 2.08. The summed E-state index contributed by atoms with van der Waals surface area (Å²) >= 11 is 0. The second-order valence-electron chi connectivity index (χ2n) is 3.86. The maximum absolute atomic E-state index is 11.7. The Labute approximate surface area is 103 Å². The predicted octanol–water partition coefficient (Wildman–Crippen LogP) is 3.57. The molecule has 0 amide bonds. The maximum Gasteiger partial charge on any atom is 0.186 e. The van der Waals surface area contributed by atoms with Crippen molar-refractivity contribution in [3.63, 3.8) is 0 Å². The minimum absolute atomic E-state index is 0.105. The molecule has 0 aliphatic carbocycles. The van der Waals surface area contributed by atoms with Gasteiger partial charge in [-0.15, -0.1) is 0 Å². The van der Waals surface area contributed by atoms with Crippen LogP contribution >= 0.6 is 0 Å². The van der Waals surface area contributed by atoms with Gasteiger partial charge >= 0.3 is 0 Å². The Morgan fingerprint density at radius 2 is 1.56 bits per heavy atom.